The number of aryl methyl sites for hydroxylation is 1. The fourth-order valence-corrected chi connectivity index (χ4v) is 2.86. The summed E-state index contributed by atoms with van der Waals surface area (Å²) in [6.07, 6.45) is 0. The molecular formula is C12H17NO3S. The van der Waals surface area contributed by atoms with E-state index in [9.17, 15) is 13.2 Å². The summed E-state index contributed by atoms with van der Waals surface area (Å²) >= 11 is 0. The van der Waals surface area contributed by atoms with Crippen molar-refractivity contribution in [1.29, 1.82) is 0 Å². The number of sulfone groups is 1. The van der Waals surface area contributed by atoms with Gasteiger partial charge in [0.1, 0.15) is 5.25 Å². The third kappa shape index (κ3) is 3.56. The van der Waals surface area contributed by atoms with Gasteiger partial charge in [-0.1, -0.05) is 29.8 Å². The Balaban J connectivity index is 2.90. The van der Waals surface area contributed by atoms with E-state index in [2.05, 4.69) is 5.32 Å². The summed E-state index contributed by atoms with van der Waals surface area (Å²) in [5.41, 5.74) is 1.71. The zero-order valence-electron chi connectivity index (χ0n) is 10.2. The molecule has 0 saturated heterocycles. The summed E-state index contributed by atoms with van der Waals surface area (Å²) in [5, 5.41) is 1.33. The molecule has 0 bridgehead atoms. The van der Waals surface area contributed by atoms with Gasteiger partial charge in [-0.15, -0.1) is 0 Å². The fourth-order valence-electron chi connectivity index (χ4n) is 1.53. The van der Waals surface area contributed by atoms with Crippen LogP contribution in [0.1, 0.15) is 18.1 Å². The fraction of sp³-hybridized carbons (Fsp3) is 0.417. The Morgan fingerprint density at radius 3 is 2.59 bits per heavy atom. The van der Waals surface area contributed by atoms with Gasteiger partial charge in [0.25, 0.3) is 0 Å². The molecule has 4 nitrogen and oxygen atoms in total. The highest BCUT2D eigenvalue weighted by Gasteiger charge is 2.27. The molecule has 0 aromatic heterocycles. The van der Waals surface area contributed by atoms with Crippen LogP contribution in [0.15, 0.2) is 24.3 Å². The van der Waals surface area contributed by atoms with Gasteiger partial charge in [0.15, 0.2) is 9.84 Å². The summed E-state index contributed by atoms with van der Waals surface area (Å²) in [7, 11) is -2.02. The highest BCUT2D eigenvalue weighted by molar-refractivity contribution is 7.92. The average molecular weight is 255 g/mol. The summed E-state index contributed by atoms with van der Waals surface area (Å²) in [4.78, 5) is 11.3. The van der Waals surface area contributed by atoms with Crippen LogP contribution in [0, 0.1) is 6.92 Å². The molecule has 94 valence electrons. The van der Waals surface area contributed by atoms with Crippen molar-refractivity contribution >= 4 is 15.7 Å². The van der Waals surface area contributed by atoms with Crippen molar-refractivity contribution < 1.29 is 13.2 Å². The molecule has 0 aliphatic heterocycles. The molecule has 1 N–H and O–H groups in total. The minimum Gasteiger partial charge on any atom is -0.358 e. The molecular weight excluding hydrogens is 238 g/mol. The van der Waals surface area contributed by atoms with Crippen molar-refractivity contribution in [3.8, 4) is 0 Å². The highest BCUT2D eigenvalue weighted by Crippen LogP contribution is 2.12. The van der Waals surface area contributed by atoms with E-state index in [0.29, 0.717) is 5.56 Å². The molecule has 0 aliphatic carbocycles. The van der Waals surface area contributed by atoms with Crippen LogP contribution in [0.25, 0.3) is 0 Å². The maximum Gasteiger partial charge on any atom is 0.237 e. The molecule has 1 aromatic rings. The smallest absolute Gasteiger partial charge is 0.237 e. The van der Waals surface area contributed by atoms with Gasteiger partial charge in [-0.05, 0) is 19.4 Å². The monoisotopic (exact) mass is 255 g/mol. The van der Waals surface area contributed by atoms with E-state index >= 15 is 0 Å². The first kappa shape index (κ1) is 13.7. The molecule has 0 radical (unpaired) electrons. The van der Waals surface area contributed by atoms with Gasteiger partial charge < -0.3 is 5.32 Å². The Hall–Kier alpha value is -1.36. The van der Waals surface area contributed by atoms with Crippen molar-refractivity contribution in [2.75, 3.05) is 7.05 Å². The third-order valence-corrected chi connectivity index (χ3v) is 4.63. The van der Waals surface area contributed by atoms with Crippen LogP contribution in [-0.2, 0) is 20.4 Å². The summed E-state index contributed by atoms with van der Waals surface area (Å²) < 4.78 is 23.9. The van der Waals surface area contributed by atoms with Gasteiger partial charge in [-0.3, -0.25) is 4.79 Å². The Bertz CT molecular complexity index is 508. The van der Waals surface area contributed by atoms with Gasteiger partial charge in [0.2, 0.25) is 5.91 Å². The second kappa shape index (κ2) is 5.31. The lowest BCUT2D eigenvalue weighted by molar-refractivity contribution is -0.119. The van der Waals surface area contributed by atoms with Crippen molar-refractivity contribution in [2.24, 2.45) is 0 Å². The first-order valence-corrected chi connectivity index (χ1v) is 7.07. The van der Waals surface area contributed by atoms with Crippen molar-refractivity contribution in [1.82, 2.24) is 5.32 Å². The second-order valence-corrected chi connectivity index (χ2v) is 6.37. The molecule has 0 spiro atoms. The van der Waals surface area contributed by atoms with E-state index in [0.717, 1.165) is 5.56 Å². The number of hydrogen-bond acceptors (Lipinski definition) is 3. The molecule has 0 heterocycles. The maximum absolute atomic E-state index is 12.0. The molecule has 1 aromatic carbocycles. The van der Waals surface area contributed by atoms with E-state index in [-0.39, 0.29) is 5.75 Å². The Labute approximate surface area is 102 Å². The Kier molecular flexibility index (Phi) is 4.28. The van der Waals surface area contributed by atoms with Gasteiger partial charge in [0.05, 0.1) is 5.75 Å². The number of hydrogen-bond donors (Lipinski definition) is 1. The zero-order chi connectivity index (χ0) is 13.1. The van der Waals surface area contributed by atoms with Crippen LogP contribution in [0.3, 0.4) is 0 Å². The normalized spacial score (nSPS) is 13.1. The lowest BCUT2D eigenvalue weighted by Crippen LogP contribution is -2.36. The third-order valence-electron chi connectivity index (χ3n) is 2.60. The number of carbonyl (C=O) groups is 1. The lowest BCUT2D eigenvalue weighted by atomic mass is 10.2. The van der Waals surface area contributed by atoms with Gasteiger partial charge in [0, 0.05) is 7.05 Å². The molecule has 1 atom stereocenters. The number of benzene rings is 1. The highest BCUT2D eigenvalue weighted by atomic mass is 32.2. The first-order valence-electron chi connectivity index (χ1n) is 5.35. The molecule has 0 saturated carbocycles. The predicted molar refractivity (Wildman–Crippen MR) is 67.3 cm³/mol. The maximum atomic E-state index is 12.0. The molecule has 0 unspecified atom stereocenters. The van der Waals surface area contributed by atoms with Crippen LogP contribution in [-0.4, -0.2) is 26.6 Å². The quantitative estimate of drug-likeness (QED) is 0.874. The van der Waals surface area contributed by atoms with Crippen LogP contribution in [0.2, 0.25) is 0 Å². The van der Waals surface area contributed by atoms with Crippen LogP contribution in [0.5, 0.6) is 0 Å². The number of amides is 1. The van der Waals surface area contributed by atoms with Crippen LogP contribution < -0.4 is 5.32 Å². The number of nitrogens with one attached hydrogen (secondary N) is 1. The lowest BCUT2D eigenvalue weighted by Gasteiger charge is -2.11. The van der Waals surface area contributed by atoms with E-state index in [1.54, 1.807) is 6.07 Å². The van der Waals surface area contributed by atoms with E-state index in [1.807, 2.05) is 25.1 Å². The summed E-state index contributed by atoms with van der Waals surface area (Å²) in [6.45, 7) is 3.31. The van der Waals surface area contributed by atoms with Gasteiger partial charge in [-0.25, -0.2) is 8.42 Å². The van der Waals surface area contributed by atoms with Crippen LogP contribution >= 0.6 is 0 Å². The standard InChI is InChI=1S/C12H17NO3S/c1-9-5-4-6-11(7-9)8-17(15,16)10(2)12(14)13-3/h4-7,10H,8H2,1-3H3,(H,13,14)/t10-/m1/s1. The zero-order valence-corrected chi connectivity index (χ0v) is 11.0. The summed E-state index contributed by atoms with van der Waals surface area (Å²) in [6, 6.07) is 7.28. The number of rotatable bonds is 4. The number of carbonyl (C=O) groups excluding carboxylic acids is 1. The molecule has 17 heavy (non-hydrogen) atoms. The van der Waals surface area contributed by atoms with Crippen LogP contribution in [0.4, 0.5) is 0 Å². The Morgan fingerprint density at radius 2 is 2.06 bits per heavy atom. The van der Waals surface area contributed by atoms with Gasteiger partial charge >= 0.3 is 0 Å². The van der Waals surface area contributed by atoms with E-state index in [4.69, 9.17) is 0 Å². The first-order chi connectivity index (χ1) is 7.86. The average Bonchev–Trinajstić information content (AvgIpc) is 2.26. The molecule has 0 aliphatic rings. The minimum absolute atomic E-state index is 0.108. The van der Waals surface area contributed by atoms with Crippen molar-refractivity contribution in [3.63, 3.8) is 0 Å². The van der Waals surface area contributed by atoms with Crippen molar-refractivity contribution in [2.45, 2.75) is 24.9 Å². The SMILES string of the molecule is CNC(=O)[C@@H](C)S(=O)(=O)Cc1cccc(C)c1. The second-order valence-electron chi connectivity index (χ2n) is 4.05. The van der Waals surface area contributed by atoms with E-state index < -0.39 is 21.0 Å². The molecule has 1 amide bonds. The Morgan fingerprint density at radius 1 is 1.41 bits per heavy atom. The van der Waals surface area contributed by atoms with Crippen molar-refractivity contribution in [3.05, 3.63) is 35.4 Å². The van der Waals surface area contributed by atoms with E-state index in [1.165, 1.54) is 14.0 Å². The largest absolute Gasteiger partial charge is 0.358 e. The molecule has 5 heteroatoms. The summed E-state index contributed by atoms with van der Waals surface area (Å²) in [5.74, 6) is -0.582. The predicted octanol–water partition coefficient (Wildman–Crippen LogP) is 1.04. The van der Waals surface area contributed by atoms with Gasteiger partial charge in [-0.2, -0.15) is 0 Å². The molecule has 0 fully saturated rings. The topological polar surface area (TPSA) is 63.2 Å². The minimum atomic E-state index is -3.45. The molecule has 1 rings (SSSR count).